The van der Waals surface area contributed by atoms with E-state index in [4.69, 9.17) is 4.74 Å². The lowest BCUT2D eigenvalue weighted by Gasteiger charge is -2.01. The number of carbonyl (C=O) groups excluding carboxylic acids is 1. The lowest BCUT2D eigenvalue weighted by Crippen LogP contribution is -3.00. The monoisotopic (exact) mass is 480 g/mol. The average molecular weight is 481 g/mol. The van der Waals surface area contributed by atoms with Crippen LogP contribution in [0.15, 0.2) is 60.1 Å². The third-order valence-corrected chi connectivity index (χ3v) is 6.55. The summed E-state index contributed by atoms with van der Waals surface area (Å²) in [7, 11) is 1.65. The van der Waals surface area contributed by atoms with E-state index >= 15 is 0 Å². The van der Waals surface area contributed by atoms with E-state index in [0.29, 0.717) is 5.13 Å². The number of rotatable bonds is 6. The van der Waals surface area contributed by atoms with Gasteiger partial charge in [0, 0.05) is 16.5 Å². The van der Waals surface area contributed by atoms with Crippen LogP contribution in [0.1, 0.15) is 17.8 Å². The van der Waals surface area contributed by atoms with Crippen molar-refractivity contribution in [3.8, 4) is 28.3 Å². The second-order valence-electron chi connectivity index (χ2n) is 7.99. The molecule has 6 nitrogen and oxygen atoms in total. The summed E-state index contributed by atoms with van der Waals surface area (Å²) in [5, 5.41) is 5.53. The Morgan fingerprint density at radius 2 is 1.88 bits per heavy atom. The normalized spacial score (nSPS) is 12.2. The first-order valence-electron chi connectivity index (χ1n) is 10.7. The van der Waals surface area contributed by atoms with Gasteiger partial charge in [0.25, 0.3) is 11.7 Å². The van der Waals surface area contributed by atoms with Crippen molar-refractivity contribution in [1.29, 1.82) is 0 Å². The van der Waals surface area contributed by atoms with Crippen molar-refractivity contribution in [1.82, 2.24) is 9.55 Å². The van der Waals surface area contributed by atoms with Crippen LogP contribution in [0.5, 0.6) is 5.75 Å². The van der Waals surface area contributed by atoms with E-state index in [1.54, 1.807) is 7.11 Å². The summed E-state index contributed by atoms with van der Waals surface area (Å²) in [5.41, 5.74) is 5.42. The number of amides is 1. The number of fused-ring (bicyclic) bond motifs is 1. The average Bonchev–Trinajstić information content (AvgIpc) is 3.53. The highest BCUT2D eigenvalue weighted by atomic mass is 35.5. The Balaban J connectivity index is 0.00000259. The molecule has 2 aromatic carbocycles. The third kappa shape index (κ3) is 4.79. The molecule has 0 aliphatic carbocycles. The topological polar surface area (TPSA) is 60.0 Å². The van der Waals surface area contributed by atoms with Crippen molar-refractivity contribution >= 4 is 22.4 Å². The second-order valence-corrected chi connectivity index (χ2v) is 8.85. The van der Waals surface area contributed by atoms with Gasteiger partial charge in [-0.1, -0.05) is 29.8 Å². The number of aryl methyl sites for hydroxylation is 1. The molecule has 0 saturated carbocycles. The number of methoxy groups -OCH3 is 1. The summed E-state index contributed by atoms with van der Waals surface area (Å²) < 4.78 is 9.62. The van der Waals surface area contributed by atoms with Gasteiger partial charge in [-0.3, -0.25) is 10.1 Å². The summed E-state index contributed by atoms with van der Waals surface area (Å²) in [6, 6.07) is 16.3. The number of benzene rings is 2. The first-order valence-corrected chi connectivity index (χ1v) is 11.6. The largest absolute Gasteiger partial charge is 1.00 e. The zero-order valence-electron chi connectivity index (χ0n) is 18.5. The molecule has 0 fully saturated rings. The number of hydrogen-bond acceptors (Lipinski definition) is 4. The molecule has 0 radical (unpaired) electrons. The number of carbonyl (C=O) groups is 1. The standard InChI is InChI=1S/C25H24N4O2S.ClH/c1-17-5-7-19(8-6-17)22-14-28(24-4-3-13-29(22)24)15-23(30)27-25-26-21(16-32-25)18-9-11-20(31-2)12-10-18;/h5-12,14,16H,3-4,13,15H2,1-2H3;1H. The summed E-state index contributed by atoms with van der Waals surface area (Å²) in [6.07, 6.45) is 4.19. The number of nitrogens with one attached hydrogen (secondary N) is 1. The van der Waals surface area contributed by atoms with Crippen LogP contribution in [0, 0.1) is 6.92 Å². The van der Waals surface area contributed by atoms with E-state index in [9.17, 15) is 4.79 Å². The number of nitrogens with zero attached hydrogens (tertiary/aromatic N) is 3. The van der Waals surface area contributed by atoms with Crippen LogP contribution >= 0.6 is 11.3 Å². The van der Waals surface area contributed by atoms with Crippen LogP contribution in [0.25, 0.3) is 22.5 Å². The molecule has 1 aliphatic heterocycles. The van der Waals surface area contributed by atoms with Gasteiger partial charge in [-0.25, -0.2) is 14.1 Å². The van der Waals surface area contributed by atoms with Crippen molar-refractivity contribution in [2.24, 2.45) is 0 Å². The van der Waals surface area contributed by atoms with E-state index < -0.39 is 0 Å². The number of imidazole rings is 1. The van der Waals surface area contributed by atoms with Crippen molar-refractivity contribution in [3.63, 3.8) is 0 Å². The zero-order valence-corrected chi connectivity index (χ0v) is 20.1. The van der Waals surface area contributed by atoms with Gasteiger partial charge in [-0.05, 0) is 37.6 Å². The van der Waals surface area contributed by atoms with E-state index in [1.165, 1.54) is 34.0 Å². The lowest BCUT2D eigenvalue weighted by atomic mass is 10.1. The predicted octanol–water partition coefficient (Wildman–Crippen LogP) is 1.47. The van der Waals surface area contributed by atoms with E-state index in [2.05, 4.69) is 56.8 Å². The highest BCUT2D eigenvalue weighted by molar-refractivity contribution is 7.14. The number of anilines is 1. The fourth-order valence-corrected chi connectivity index (χ4v) is 4.88. The summed E-state index contributed by atoms with van der Waals surface area (Å²) in [6.45, 7) is 3.36. The first kappa shape index (κ1) is 23.0. The Hall–Kier alpha value is -3.16. The molecule has 0 atom stereocenters. The predicted molar refractivity (Wildman–Crippen MR) is 126 cm³/mol. The molecular weight excluding hydrogens is 456 g/mol. The molecule has 8 heteroatoms. The maximum atomic E-state index is 12.8. The molecule has 4 aromatic rings. The summed E-state index contributed by atoms with van der Waals surface area (Å²) in [4.78, 5) is 17.4. The van der Waals surface area contributed by atoms with Gasteiger partial charge in [0.05, 0.1) is 25.8 Å². The van der Waals surface area contributed by atoms with Crippen LogP contribution in [0.4, 0.5) is 5.13 Å². The Labute approximate surface area is 203 Å². The van der Waals surface area contributed by atoms with Gasteiger partial charge in [0.15, 0.2) is 17.4 Å². The minimum atomic E-state index is -0.0682. The molecular formula is C25H25ClN4O2S. The Morgan fingerprint density at radius 1 is 1.15 bits per heavy atom. The van der Waals surface area contributed by atoms with Crippen molar-refractivity contribution < 1.29 is 26.5 Å². The third-order valence-electron chi connectivity index (χ3n) is 5.79. The number of aromatic nitrogens is 3. The Kier molecular flexibility index (Phi) is 6.81. The van der Waals surface area contributed by atoms with Crippen molar-refractivity contribution in [3.05, 3.63) is 71.5 Å². The highest BCUT2D eigenvalue weighted by Crippen LogP contribution is 2.27. The van der Waals surface area contributed by atoms with Crippen molar-refractivity contribution in [2.75, 3.05) is 12.4 Å². The molecule has 0 unspecified atom stereocenters. The summed E-state index contributed by atoms with van der Waals surface area (Å²) >= 11 is 1.43. The molecule has 5 rings (SSSR count). The zero-order chi connectivity index (χ0) is 22.1. The van der Waals surface area contributed by atoms with Crippen LogP contribution in [-0.2, 0) is 24.3 Å². The molecule has 1 amide bonds. The molecule has 1 aliphatic rings. The molecule has 3 heterocycles. The van der Waals surface area contributed by atoms with Crippen LogP contribution in [-0.4, -0.2) is 22.6 Å². The van der Waals surface area contributed by atoms with E-state index in [1.807, 2.05) is 29.6 Å². The molecule has 170 valence electrons. The minimum absolute atomic E-state index is 0. The molecule has 0 saturated heterocycles. The van der Waals surface area contributed by atoms with Crippen LogP contribution in [0.2, 0.25) is 0 Å². The molecule has 0 spiro atoms. The number of hydrogen-bond donors (Lipinski definition) is 1. The van der Waals surface area contributed by atoms with E-state index in [-0.39, 0.29) is 24.9 Å². The van der Waals surface area contributed by atoms with E-state index in [0.717, 1.165) is 36.4 Å². The van der Waals surface area contributed by atoms with Crippen molar-refractivity contribution in [2.45, 2.75) is 32.9 Å². The minimum Gasteiger partial charge on any atom is -1.00 e. The SMILES string of the molecule is COc1ccc(-c2csc(NC(=O)C[n+]3cc(-c4ccc(C)cc4)n4c3CCC4)n2)cc1.[Cl-]. The second kappa shape index (κ2) is 9.77. The Morgan fingerprint density at radius 3 is 2.61 bits per heavy atom. The molecule has 0 bridgehead atoms. The number of halogens is 1. The highest BCUT2D eigenvalue weighted by Gasteiger charge is 2.29. The van der Waals surface area contributed by atoms with Gasteiger partial charge in [-0.2, -0.15) is 0 Å². The van der Waals surface area contributed by atoms with Gasteiger partial charge >= 0.3 is 0 Å². The van der Waals surface area contributed by atoms with Crippen LogP contribution < -0.4 is 27.0 Å². The fourth-order valence-electron chi connectivity index (χ4n) is 4.14. The quantitative estimate of drug-likeness (QED) is 0.425. The lowest BCUT2D eigenvalue weighted by molar-refractivity contribution is -0.690. The maximum Gasteiger partial charge on any atom is 0.268 e. The number of ether oxygens (including phenoxy) is 1. The van der Waals surface area contributed by atoms with Gasteiger partial charge in [-0.15, -0.1) is 11.3 Å². The first-order chi connectivity index (χ1) is 15.6. The van der Waals surface area contributed by atoms with Gasteiger partial charge in [0.2, 0.25) is 0 Å². The molecule has 33 heavy (non-hydrogen) atoms. The van der Waals surface area contributed by atoms with Crippen LogP contribution in [0.3, 0.4) is 0 Å². The van der Waals surface area contributed by atoms with Gasteiger partial charge in [0.1, 0.15) is 11.9 Å². The number of thiazole rings is 1. The molecule has 2 aromatic heterocycles. The molecule has 1 N–H and O–H groups in total. The Bertz CT molecular complexity index is 1260. The fraction of sp³-hybridized carbons (Fsp3) is 0.240. The summed E-state index contributed by atoms with van der Waals surface area (Å²) in [5.74, 6) is 1.94. The smallest absolute Gasteiger partial charge is 0.268 e. The van der Waals surface area contributed by atoms with Gasteiger partial charge < -0.3 is 17.1 Å². The maximum absolute atomic E-state index is 12.8.